The van der Waals surface area contributed by atoms with Crippen molar-refractivity contribution in [2.45, 2.75) is 96.1 Å². The van der Waals surface area contributed by atoms with Gasteiger partial charge in [0.2, 0.25) is 29.5 Å². The second-order valence-electron chi connectivity index (χ2n) is 16.1. The van der Waals surface area contributed by atoms with Gasteiger partial charge in [0, 0.05) is 40.9 Å². The SMILES string of the molecule is CC[C@H](C)[C@@H]([C@@H](CC(=O)N1CCC[C@H]1[C@H](OC)[C@@H](C)C(=O)NCC(=O)OC)OC)N(C)C(=O)CNC(=O)[C@@H]1CCCN1C(=O)CCOCCOCCOCCOCCOCCOCCN. The van der Waals surface area contributed by atoms with Crippen LogP contribution in [0.3, 0.4) is 0 Å². The molecule has 0 aromatic carbocycles. The predicted octanol–water partition coefficient (Wildman–Crippen LogP) is -0.249. The van der Waals surface area contributed by atoms with Crippen molar-refractivity contribution < 1.29 is 71.4 Å². The van der Waals surface area contributed by atoms with Gasteiger partial charge in [-0.15, -0.1) is 0 Å². The summed E-state index contributed by atoms with van der Waals surface area (Å²) < 4.78 is 49.0. The van der Waals surface area contributed by atoms with Crippen molar-refractivity contribution in [3.05, 3.63) is 0 Å². The molecular formula is C44H80N6O15. The summed E-state index contributed by atoms with van der Waals surface area (Å²) in [6.45, 7) is 11.5. The quantitative estimate of drug-likeness (QED) is 0.0542. The van der Waals surface area contributed by atoms with Gasteiger partial charge in [0.25, 0.3) is 0 Å². The minimum atomic E-state index is -0.699. The molecule has 376 valence electrons. The number of amides is 5. The molecule has 0 aromatic rings. The topological polar surface area (TPSA) is 245 Å². The van der Waals surface area contributed by atoms with E-state index in [1.165, 1.54) is 26.2 Å². The lowest BCUT2D eigenvalue weighted by Crippen LogP contribution is -2.55. The van der Waals surface area contributed by atoms with Crippen LogP contribution in [0.25, 0.3) is 0 Å². The standard InChI is InChI=1S/C44H80N6O15/c1-8-32(2)41(36(57-5)29-38(52)49-15-9-11-34(49)42(59-7)33(3)43(55)47-31-40(54)58-6)48(4)39(53)30-46-44(56)35-12-10-16-50(35)37(51)13-17-60-19-21-62-23-25-64-27-28-65-26-24-63-22-20-61-18-14-45/h32-36,41-42H,8-31,45H2,1-7H3,(H,46,56)(H,47,55)/t32-,33+,34-,35-,36+,41-,42+/m0/s1. The second kappa shape index (κ2) is 33.9. The third-order valence-electron chi connectivity index (χ3n) is 11.8. The summed E-state index contributed by atoms with van der Waals surface area (Å²) in [6, 6.07) is -1.60. The number of rotatable bonds is 36. The van der Waals surface area contributed by atoms with Crippen molar-refractivity contribution in [1.29, 1.82) is 0 Å². The van der Waals surface area contributed by atoms with Gasteiger partial charge in [-0.1, -0.05) is 27.2 Å². The molecule has 21 nitrogen and oxygen atoms in total. The van der Waals surface area contributed by atoms with Crippen LogP contribution in [-0.4, -0.2) is 221 Å². The van der Waals surface area contributed by atoms with Crippen LogP contribution in [0, 0.1) is 11.8 Å². The van der Waals surface area contributed by atoms with Gasteiger partial charge in [-0.2, -0.15) is 0 Å². The molecule has 5 amide bonds. The molecule has 2 aliphatic heterocycles. The summed E-state index contributed by atoms with van der Waals surface area (Å²) >= 11 is 0. The molecule has 0 spiro atoms. The van der Waals surface area contributed by atoms with E-state index in [9.17, 15) is 28.8 Å². The molecule has 65 heavy (non-hydrogen) atoms. The highest BCUT2D eigenvalue weighted by atomic mass is 16.6. The number of hydrogen-bond donors (Lipinski definition) is 3. The third-order valence-corrected chi connectivity index (χ3v) is 11.8. The Morgan fingerprint density at radius 3 is 1.75 bits per heavy atom. The lowest BCUT2D eigenvalue weighted by atomic mass is 9.90. The smallest absolute Gasteiger partial charge is 0.325 e. The highest BCUT2D eigenvalue weighted by molar-refractivity contribution is 5.91. The monoisotopic (exact) mass is 933 g/mol. The molecule has 0 aromatic heterocycles. The first-order valence-electron chi connectivity index (χ1n) is 23.0. The number of ether oxygens (including phenoxy) is 9. The molecule has 2 heterocycles. The van der Waals surface area contributed by atoms with Crippen molar-refractivity contribution >= 4 is 35.5 Å². The Morgan fingerprint density at radius 2 is 1.23 bits per heavy atom. The maximum atomic E-state index is 14.0. The Labute approximate surface area is 385 Å². The Bertz CT molecular complexity index is 1400. The van der Waals surface area contributed by atoms with Crippen LogP contribution in [0.1, 0.15) is 65.7 Å². The summed E-state index contributed by atoms with van der Waals surface area (Å²) in [5.41, 5.74) is 5.35. The normalized spacial score (nSPS) is 18.5. The molecule has 0 saturated carbocycles. The zero-order valence-corrected chi connectivity index (χ0v) is 40.1. The highest BCUT2D eigenvalue weighted by Crippen LogP contribution is 2.29. The molecule has 0 radical (unpaired) electrons. The van der Waals surface area contributed by atoms with Gasteiger partial charge in [0.05, 0.1) is 136 Å². The van der Waals surface area contributed by atoms with Crippen LogP contribution < -0.4 is 16.4 Å². The predicted molar refractivity (Wildman–Crippen MR) is 237 cm³/mol. The molecule has 2 fully saturated rings. The molecule has 7 atom stereocenters. The van der Waals surface area contributed by atoms with Crippen LogP contribution in [0.5, 0.6) is 0 Å². The van der Waals surface area contributed by atoms with Gasteiger partial charge in [-0.05, 0) is 31.6 Å². The highest BCUT2D eigenvalue weighted by Gasteiger charge is 2.42. The van der Waals surface area contributed by atoms with Crippen LogP contribution in [0.2, 0.25) is 0 Å². The van der Waals surface area contributed by atoms with E-state index < -0.39 is 48.0 Å². The number of nitrogens with two attached hydrogens (primary N) is 1. The van der Waals surface area contributed by atoms with E-state index in [0.717, 1.165) is 0 Å². The van der Waals surface area contributed by atoms with E-state index in [0.29, 0.717) is 124 Å². The van der Waals surface area contributed by atoms with Crippen molar-refractivity contribution in [3.63, 3.8) is 0 Å². The Kier molecular flexibility index (Phi) is 30.0. The van der Waals surface area contributed by atoms with E-state index in [-0.39, 0.29) is 62.2 Å². The van der Waals surface area contributed by atoms with E-state index >= 15 is 0 Å². The fourth-order valence-electron chi connectivity index (χ4n) is 8.05. The van der Waals surface area contributed by atoms with Crippen LogP contribution in [0.15, 0.2) is 0 Å². The lowest BCUT2D eigenvalue weighted by molar-refractivity contribution is -0.146. The number of esters is 1. The maximum Gasteiger partial charge on any atom is 0.325 e. The van der Waals surface area contributed by atoms with E-state index in [1.54, 1.807) is 23.8 Å². The molecule has 2 saturated heterocycles. The van der Waals surface area contributed by atoms with Gasteiger partial charge >= 0.3 is 5.97 Å². The molecular weight excluding hydrogens is 853 g/mol. The number of carbonyl (C=O) groups excluding carboxylic acids is 6. The van der Waals surface area contributed by atoms with E-state index in [4.69, 9.17) is 43.6 Å². The molecule has 0 bridgehead atoms. The molecule has 2 aliphatic rings. The van der Waals surface area contributed by atoms with Crippen LogP contribution in [0.4, 0.5) is 0 Å². The van der Waals surface area contributed by atoms with Crippen molar-refractivity contribution in [1.82, 2.24) is 25.3 Å². The number of nitrogens with one attached hydrogen (secondary N) is 2. The zero-order valence-electron chi connectivity index (χ0n) is 40.1. The fourth-order valence-corrected chi connectivity index (χ4v) is 8.05. The Morgan fingerprint density at radius 1 is 0.692 bits per heavy atom. The van der Waals surface area contributed by atoms with E-state index in [1.807, 2.05) is 13.8 Å². The van der Waals surface area contributed by atoms with Gasteiger partial charge in [-0.25, -0.2) is 0 Å². The number of nitrogens with zero attached hydrogens (tertiary/aromatic N) is 3. The maximum absolute atomic E-state index is 14.0. The molecule has 21 heteroatoms. The average molecular weight is 933 g/mol. The number of hydrogen-bond acceptors (Lipinski definition) is 16. The van der Waals surface area contributed by atoms with Gasteiger partial charge in [0.15, 0.2) is 0 Å². The Hall–Kier alpha value is -3.54. The van der Waals surface area contributed by atoms with Crippen molar-refractivity contribution in [2.75, 3.05) is 140 Å². The summed E-state index contributed by atoms with van der Waals surface area (Å²) in [5, 5.41) is 5.31. The third kappa shape index (κ3) is 20.9. The first-order chi connectivity index (χ1) is 31.4. The van der Waals surface area contributed by atoms with Crippen LogP contribution in [-0.2, 0) is 71.4 Å². The van der Waals surface area contributed by atoms with Crippen molar-refractivity contribution in [3.8, 4) is 0 Å². The fraction of sp³-hybridized carbons (Fsp3) is 0.864. The minimum Gasteiger partial charge on any atom is -0.468 e. The average Bonchev–Trinajstić information content (AvgIpc) is 4.01. The summed E-state index contributed by atoms with van der Waals surface area (Å²) in [5.74, 6) is -2.89. The molecule has 4 N–H and O–H groups in total. The van der Waals surface area contributed by atoms with E-state index in [2.05, 4.69) is 15.4 Å². The second-order valence-corrected chi connectivity index (χ2v) is 16.1. The zero-order chi connectivity index (χ0) is 48.0. The number of carbonyl (C=O) groups is 6. The minimum absolute atomic E-state index is 0.0292. The lowest BCUT2D eigenvalue weighted by Gasteiger charge is -2.39. The van der Waals surface area contributed by atoms with Gasteiger partial charge < -0.3 is 73.7 Å². The first kappa shape index (κ1) is 57.6. The molecule has 0 aliphatic carbocycles. The Balaban J connectivity index is 1.77. The van der Waals surface area contributed by atoms with Crippen LogP contribution >= 0.6 is 0 Å². The van der Waals surface area contributed by atoms with Gasteiger partial charge in [0.1, 0.15) is 12.6 Å². The summed E-state index contributed by atoms with van der Waals surface area (Å²) in [7, 11) is 5.88. The first-order valence-corrected chi connectivity index (χ1v) is 23.0. The van der Waals surface area contributed by atoms with Crippen molar-refractivity contribution in [2.24, 2.45) is 17.6 Å². The molecule has 2 rings (SSSR count). The number of methoxy groups -OCH3 is 3. The van der Waals surface area contributed by atoms with Gasteiger partial charge in [-0.3, -0.25) is 28.8 Å². The number of likely N-dealkylation sites (tertiary alicyclic amines) is 2. The molecule has 0 unspecified atom stereocenters. The summed E-state index contributed by atoms with van der Waals surface area (Å²) in [6.07, 6.45) is 1.92. The largest absolute Gasteiger partial charge is 0.468 e. The summed E-state index contributed by atoms with van der Waals surface area (Å²) in [4.78, 5) is 83.4. The number of likely N-dealkylation sites (N-methyl/N-ethyl adjacent to an activating group) is 1.